The molecular formula is C14H18N2S. The van der Waals surface area contributed by atoms with E-state index in [4.69, 9.17) is 11.5 Å². The summed E-state index contributed by atoms with van der Waals surface area (Å²) in [6, 6.07) is 10.0. The molecule has 0 atom stereocenters. The first kappa shape index (κ1) is 12.0. The number of nitrogens with two attached hydrogens (primary N) is 2. The molecule has 0 bridgehead atoms. The van der Waals surface area contributed by atoms with Gasteiger partial charge in [0.2, 0.25) is 0 Å². The van der Waals surface area contributed by atoms with E-state index in [1.165, 1.54) is 9.75 Å². The van der Waals surface area contributed by atoms with Crippen LogP contribution in [-0.4, -0.2) is 0 Å². The van der Waals surface area contributed by atoms with Gasteiger partial charge < -0.3 is 11.5 Å². The number of nitrogen functional groups attached to an aromatic ring is 2. The van der Waals surface area contributed by atoms with Crippen molar-refractivity contribution in [2.24, 2.45) is 0 Å². The van der Waals surface area contributed by atoms with Crippen molar-refractivity contribution in [1.82, 2.24) is 0 Å². The van der Waals surface area contributed by atoms with Gasteiger partial charge in [-0.15, -0.1) is 11.3 Å². The van der Waals surface area contributed by atoms with Crippen LogP contribution >= 0.6 is 11.3 Å². The van der Waals surface area contributed by atoms with Crippen LogP contribution in [0.3, 0.4) is 0 Å². The van der Waals surface area contributed by atoms with Crippen molar-refractivity contribution in [1.29, 1.82) is 0 Å². The van der Waals surface area contributed by atoms with Crippen LogP contribution in [0.25, 0.3) is 10.4 Å². The highest BCUT2D eigenvalue weighted by Crippen LogP contribution is 2.36. The van der Waals surface area contributed by atoms with Gasteiger partial charge >= 0.3 is 0 Å². The van der Waals surface area contributed by atoms with E-state index in [1.807, 2.05) is 12.1 Å². The molecule has 0 saturated carbocycles. The minimum atomic E-state index is 0.189. The first-order valence-electron chi connectivity index (χ1n) is 5.63. The standard InChI is InChI=1S/C14H18N2S/c1-14(2,3)13-5-4-12(17-13)9-6-10(15)8-11(16)7-9/h4-8H,15-16H2,1-3H3. The van der Waals surface area contributed by atoms with Crippen molar-refractivity contribution in [3.8, 4) is 10.4 Å². The molecule has 0 spiro atoms. The van der Waals surface area contributed by atoms with Crippen LogP contribution in [0.2, 0.25) is 0 Å². The monoisotopic (exact) mass is 246 g/mol. The third-order valence-electron chi connectivity index (χ3n) is 2.61. The van der Waals surface area contributed by atoms with Gasteiger partial charge in [0.05, 0.1) is 0 Å². The second kappa shape index (κ2) is 4.08. The third-order valence-corrected chi connectivity index (χ3v) is 4.17. The van der Waals surface area contributed by atoms with Gasteiger partial charge in [0.15, 0.2) is 0 Å². The molecule has 0 saturated heterocycles. The number of rotatable bonds is 1. The van der Waals surface area contributed by atoms with Crippen molar-refractivity contribution < 1.29 is 0 Å². The molecule has 0 radical (unpaired) electrons. The van der Waals surface area contributed by atoms with Crippen molar-refractivity contribution in [3.05, 3.63) is 35.2 Å². The van der Waals surface area contributed by atoms with Crippen molar-refractivity contribution in [2.75, 3.05) is 11.5 Å². The molecule has 2 aromatic rings. The average molecular weight is 246 g/mol. The Morgan fingerprint density at radius 2 is 1.53 bits per heavy atom. The van der Waals surface area contributed by atoms with Gasteiger partial charge in [-0.25, -0.2) is 0 Å². The summed E-state index contributed by atoms with van der Waals surface area (Å²) < 4.78 is 0. The molecule has 90 valence electrons. The average Bonchev–Trinajstić information content (AvgIpc) is 2.63. The quantitative estimate of drug-likeness (QED) is 0.750. The molecule has 0 amide bonds. The lowest BCUT2D eigenvalue weighted by atomic mass is 9.95. The van der Waals surface area contributed by atoms with E-state index in [0.717, 1.165) is 5.56 Å². The maximum absolute atomic E-state index is 5.81. The highest BCUT2D eigenvalue weighted by molar-refractivity contribution is 7.15. The normalized spacial score (nSPS) is 11.7. The summed E-state index contributed by atoms with van der Waals surface area (Å²) in [5.74, 6) is 0. The number of hydrogen-bond donors (Lipinski definition) is 2. The van der Waals surface area contributed by atoms with Crippen LogP contribution < -0.4 is 11.5 Å². The molecule has 1 aromatic heterocycles. The van der Waals surface area contributed by atoms with Gasteiger partial charge in [0.1, 0.15) is 0 Å². The van der Waals surface area contributed by atoms with Crippen LogP contribution in [0.4, 0.5) is 11.4 Å². The molecule has 1 heterocycles. The molecule has 0 aliphatic rings. The third kappa shape index (κ3) is 2.61. The lowest BCUT2D eigenvalue weighted by Crippen LogP contribution is -2.07. The molecule has 0 aliphatic carbocycles. The largest absolute Gasteiger partial charge is 0.399 e. The molecule has 0 fully saturated rings. The summed E-state index contributed by atoms with van der Waals surface area (Å²) in [6.07, 6.45) is 0. The molecule has 17 heavy (non-hydrogen) atoms. The van der Waals surface area contributed by atoms with Gasteiger partial charge in [-0.2, -0.15) is 0 Å². The fourth-order valence-electron chi connectivity index (χ4n) is 1.71. The van der Waals surface area contributed by atoms with Gasteiger partial charge in [-0.05, 0) is 41.3 Å². The van der Waals surface area contributed by atoms with Crippen molar-refractivity contribution >= 4 is 22.7 Å². The van der Waals surface area contributed by atoms with Crippen molar-refractivity contribution in [3.63, 3.8) is 0 Å². The van der Waals surface area contributed by atoms with Gasteiger partial charge in [0, 0.05) is 21.1 Å². The Morgan fingerprint density at radius 1 is 0.941 bits per heavy atom. The van der Waals surface area contributed by atoms with E-state index in [1.54, 1.807) is 17.4 Å². The molecule has 2 rings (SSSR count). The van der Waals surface area contributed by atoms with E-state index < -0.39 is 0 Å². The maximum atomic E-state index is 5.81. The van der Waals surface area contributed by atoms with Crippen LogP contribution in [-0.2, 0) is 5.41 Å². The molecule has 0 aliphatic heterocycles. The zero-order valence-electron chi connectivity index (χ0n) is 10.4. The Bertz CT molecular complexity index is 515. The predicted octanol–water partition coefficient (Wildman–Crippen LogP) is 3.88. The second-order valence-corrected chi connectivity index (χ2v) is 6.39. The van der Waals surface area contributed by atoms with E-state index in [-0.39, 0.29) is 5.41 Å². The van der Waals surface area contributed by atoms with Gasteiger partial charge in [-0.3, -0.25) is 0 Å². The van der Waals surface area contributed by atoms with E-state index in [2.05, 4.69) is 32.9 Å². The summed E-state index contributed by atoms with van der Waals surface area (Å²) in [7, 11) is 0. The van der Waals surface area contributed by atoms with Crippen molar-refractivity contribution in [2.45, 2.75) is 26.2 Å². The summed E-state index contributed by atoms with van der Waals surface area (Å²) in [5.41, 5.74) is 14.3. The number of hydrogen-bond acceptors (Lipinski definition) is 3. The first-order valence-corrected chi connectivity index (χ1v) is 6.44. The smallest absolute Gasteiger partial charge is 0.0347 e. The van der Waals surface area contributed by atoms with Gasteiger partial charge in [0.25, 0.3) is 0 Å². The fraction of sp³-hybridized carbons (Fsp3) is 0.286. The molecule has 4 N–H and O–H groups in total. The molecule has 3 heteroatoms. The maximum Gasteiger partial charge on any atom is 0.0347 e. The summed E-state index contributed by atoms with van der Waals surface area (Å²) in [5, 5.41) is 0. The van der Waals surface area contributed by atoms with E-state index in [0.29, 0.717) is 11.4 Å². The van der Waals surface area contributed by atoms with Crippen LogP contribution in [0.1, 0.15) is 25.6 Å². The SMILES string of the molecule is CC(C)(C)c1ccc(-c2cc(N)cc(N)c2)s1. The van der Waals surface area contributed by atoms with Crippen LogP contribution in [0.15, 0.2) is 30.3 Å². The number of benzene rings is 1. The second-order valence-electron chi connectivity index (χ2n) is 5.30. The van der Waals surface area contributed by atoms with E-state index >= 15 is 0 Å². The highest BCUT2D eigenvalue weighted by Gasteiger charge is 2.16. The molecular weight excluding hydrogens is 228 g/mol. The number of anilines is 2. The molecule has 2 nitrogen and oxygen atoms in total. The number of thiophene rings is 1. The predicted molar refractivity (Wildman–Crippen MR) is 77.3 cm³/mol. The fourth-order valence-corrected chi connectivity index (χ4v) is 2.77. The lowest BCUT2D eigenvalue weighted by Gasteiger charge is -2.15. The van der Waals surface area contributed by atoms with E-state index in [9.17, 15) is 0 Å². The zero-order valence-corrected chi connectivity index (χ0v) is 11.3. The highest BCUT2D eigenvalue weighted by atomic mass is 32.1. The molecule has 0 unspecified atom stereocenters. The Balaban J connectivity index is 2.44. The minimum absolute atomic E-state index is 0.189. The van der Waals surface area contributed by atoms with Crippen LogP contribution in [0, 0.1) is 0 Å². The summed E-state index contributed by atoms with van der Waals surface area (Å²) in [4.78, 5) is 2.59. The zero-order chi connectivity index (χ0) is 12.6. The summed E-state index contributed by atoms with van der Waals surface area (Å²) >= 11 is 1.80. The topological polar surface area (TPSA) is 52.0 Å². The first-order chi connectivity index (χ1) is 7.86. The Hall–Kier alpha value is -1.48. The lowest BCUT2D eigenvalue weighted by molar-refractivity contribution is 0.604. The Kier molecular flexibility index (Phi) is 2.87. The Labute approximate surface area is 106 Å². The Morgan fingerprint density at radius 3 is 2.00 bits per heavy atom. The van der Waals surface area contributed by atoms with Gasteiger partial charge in [-0.1, -0.05) is 20.8 Å². The van der Waals surface area contributed by atoms with Crippen LogP contribution in [0.5, 0.6) is 0 Å². The molecule has 1 aromatic carbocycles. The minimum Gasteiger partial charge on any atom is -0.399 e. The summed E-state index contributed by atoms with van der Waals surface area (Å²) in [6.45, 7) is 6.66.